The number of benzene rings is 2. The summed E-state index contributed by atoms with van der Waals surface area (Å²) in [5.74, 6) is 1.59. The number of para-hydroxylation sites is 2. The molecule has 19 heavy (non-hydrogen) atoms. The molecule has 0 fully saturated rings. The Morgan fingerprint density at radius 2 is 1.53 bits per heavy atom. The van der Waals surface area contributed by atoms with E-state index >= 15 is 0 Å². The Hall–Kier alpha value is -1.48. The summed E-state index contributed by atoms with van der Waals surface area (Å²) in [5, 5.41) is 0. The minimum absolute atomic E-state index is 0.522. The number of ether oxygens (including phenoxy) is 2. The van der Waals surface area contributed by atoms with Crippen molar-refractivity contribution < 1.29 is 9.47 Å². The maximum absolute atomic E-state index is 5.85. The average molecular weight is 321 g/mol. The molecule has 2 aromatic carbocycles. The van der Waals surface area contributed by atoms with Crippen LogP contribution in [0.5, 0.6) is 11.5 Å². The van der Waals surface area contributed by atoms with Crippen molar-refractivity contribution in [3.8, 4) is 11.5 Å². The Morgan fingerprint density at radius 1 is 0.895 bits per heavy atom. The Balaban J connectivity index is 2.05. The molecule has 0 unspecified atom stereocenters. The zero-order valence-electron chi connectivity index (χ0n) is 10.9. The lowest BCUT2D eigenvalue weighted by Gasteiger charge is -2.12. The lowest BCUT2D eigenvalue weighted by Crippen LogP contribution is -2.01. The highest BCUT2D eigenvalue weighted by atomic mass is 79.9. The molecule has 0 spiro atoms. The third-order valence-corrected chi connectivity index (χ3v) is 3.43. The van der Waals surface area contributed by atoms with Crippen LogP contribution in [0.2, 0.25) is 0 Å². The van der Waals surface area contributed by atoms with Crippen LogP contribution in [0.3, 0.4) is 0 Å². The van der Waals surface area contributed by atoms with Gasteiger partial charge < -0.3 is 9.47 Å². The number of hydrogen-bond acceptors (Lipinski definition) is 2. The molecule has 0 aliphatic heterocycles. The van der Waals surface area contributed by atoms with Crippen molar-refractivity contribution in [2.75, 3.05) is 6.61 Å². The fraction of sp³-hybridized carbons (Fsp3) is 0.250. The maximum Gasteiger partial charge on any atom is 0.161 e. The molecule has 0 aromatic heterocycles. The van der Waals surface area contributed by atoms with Gasteiger partial charge in [0.1, 0.15) is 6.61 Å². The minimum atomic E-state index is 0.522. The van der Waals surface area contributed by atoms with Gasteiger partial charge in [0.25, 0.3) is 0 Å². The highest BCUT2D eigenvalue weighted by Crippen LogP contribution is 2.28. The quantitative estimate of drug-likeness (QED) is 0.759. The Morgan fingerprint density at radius 3 is 2.21 bits per heavy atom. The van der Waals surface area contributed by atoms with Crippen LogP contribution in [-0.2, 0) is 6.61 Å². The predicted octanol–water partition coefficient (Wildman–Crippen LogP) is 4.82. The molecule has 0 N–H and O–H groups in total. The highest BCUT2D eigenvalue weighted by Gasteiger charge is 2.05. The maximum atomic E-state index is 5.85. The molecule has 0 radical (unpaired) electrons. The summed E-state index contributed by atoms with van der Waals surface area (Å²) in [6, 6.07) is 15.8. The molecule has 2 rings (SSSR count). The zero-order valence-corrected chi connectivity index (χ0v) is 12.5. The normalized spacial score (nSPS) is 10.2. The third-order valence-electron chi connectivity index (χ3n) is 2.65. The predicted molar refractivity (Wildman–Crippen MR) is 80.7 cm³/mol. The Bertz CT molecular complexity index is 526. The molecule has 0 amide bonds. The van der Waals surface area contributed by atoms with Crippen LogP contribution in [0.4, 0.5) is 0 Å². The third kappa shape index (κ3) is 4.00. The highest BCUT2D eigenvalue weighted by molar-refractivity contribution is 9.10. The molecular weight excluding hydrogens is 304 g/mol. The summed E-state index contributed by atoms with van der Waals surface area (Å²) in [6.07, 6.45) is 0.985. The van der Waals surface area contributed by atoms with E-state index in [2.05, 4.69) is 22.9 Å². The standard InChI is InChI=1S/C16H17BrO2/c1-2-11-18-15-9-5-6-10-16(15)19-12-13-7-3-4-8-14(13)17/h3-10H,2,11-12H2,1H3. The molecule has 100 valence electrons. The first-order valence-electron chi connectivity index (χ1n) is 6.39. The molecule has 0 heterocycles. The smallest absolute Gasteiger partial charge is 0.161 e. The molecule has 2 aromatic rings. The monoisotopic (exact) mass is 320 g/mol. The van der Waals surface area contributed by atoms with Gasteiger partial charge in [0.2, 0.25) is 0 Å². The topological polar surface area (TPSA) is 18.5 Å². The minimum Gasteiger partial charge on any atom is -0.490 e. The molecule has 0 bridgehead atoms. The molecule has 0 aliphatic carbocycles. The first-order chi connectivity index (χ1) is 9.31. The van der Waals surface area contributed by atoms with Gasteiger partial charge in [-0.2, -0.15) is 0 Å². The van der Waals surface area contributed by atoms with Gasteiger partial charge >= 0.3 is 0 Å². The number of hydrogen-bond donors (Lipinski definition) is 0. The SMILES string of the molecule is CCCOc1ccccc1OCc1ccccc1Br. The van der Waals surface area contributed by atoms with Gasteiger partial charge in [-0.15, -0.1) is 0 Å². The van der Waals surface area contributed by atoms with Gasteiger partial charge in [-0.1, -0.05) is 53.2 Å². The van der Waals surface area contributed by atoms with Gasteiger partial charge in [-0.05, 0) is 24.6 Å². The molecule has 0 aliphatic rings. The second kappa shape index (κ2) is 7.19. The molecular formula is C16H17BrO2. The van der Waals surface area contributed by atoms with Crippen LogP contribution in [0.1, 0.15) is 18.9 Å². The lowest BCUT2D eigenvalue weighted by molar-refractivity contribution is 0.261. The van der Waals surface area contributed by atoms with Crippen molar-refractivity contribution >= 4 is 15.9 Å². The Labute approximate surface area is 122 Å². The van der Waals surface area contributed by atoms with Crippen LogP contribution in [0.25, 0.3) is 0 Å². The van der Waals surface area contributed by atoms with E-state index in [-0.39, 0.29) is 0 Å². The van der Waals surface area contributed by atoms with Crippen LogP contribution >= 0.6 is 15.9 Å². The van der Waals surface area contributed by atoms with Crippen molar-refractivity contribution in [3.63, 3.8) is 0 Å². The van der Waals surface area contributed by atoms with E-state index < -0.39 is 0 Å². The molecule has 2 nitrogen and oxygen atoms in total. The van der Waals surface area contributed by atoms with E-state index in [1.54, 1.807) is 0 Å². The fourth-order valence-corrected chi connectivity index (χ4v) is 2.07. The van der Waals surface area contributed by atoms with Crippen molar-refractivity contribution in [3.05, 3.63) is 58.6 Å². The molecule has 0 saturated heterocycles. The summed E-state index contributed by atoms with van der Waals surface area (Å²) in [4.78, 5) is 0. The summed E-state index contributed by atoms with van der Waals surface area (Å²) < 4.78 is 12.6. The van der Waals surface area contributed by atoms with E-state index in [0.29, 0.717) is 13.2 Å². The van der Waals surface area contributed by atoms with Crippen molar-refractivity contribution in [1.29, 1.82) is 0 Å². The van der Waals surface area contributed by atoms with Gasteiger partial charge in [0.15, 0.2) is 11.5 Å². The first kappa shape index (κ1) is 13.9. The molecule has 0 atom stereocenters. The van der Waals surface area contributed by atoms with E-state index in [4.69, 9.17) is 9.47 Å². The zero-order chi connectivity index (χ0) is 13.5. The lowest BCUT2D eigenvalue weighted by atomic mass is 10.2. The van der Waals surface area contributed by atoms with E-state index in [9.17, 15) is 0 Å². The average Bonchev–Trinajstić information content (AvgIpc) is 2.45. The second-order valence-corrected chi connectivity index (χ2v) is 5.03. The van der Waals surface area contributed by atoms with Crippen LogP contribution < -0.4 is 9.47 Å². The summed E-state index contributed by atoms with van der Waals surface area (Å²) in [5.41, 5.74) is 1.12. The van der Waals surface area contributed by atoms with Crippen molar-refractivity contribution in [2.24, 2.45) is 0 Å². The van der Waals surface area contributed by atoms with Gasteiger partial charge in [0, 0.05) is 10.0 Å². The van der Waals surface area contributed by atoms with Gasteiger partial charge in [-0.3, -0.25) is 0 Å². The number of rotatable bonds is 6. The first-order valence-corrected chi connectivity index (χ1v) is 7.18. The molecule has 3 heteroatoms. The second-order valence-electron chi connectivity index (χ2n) is 4.18. The summed E-state index contributed by atoms with van der Waals surface area (Å²) in [6.45, 7) is 3.31. The summed E-state index contributed by atoms with van der Waals surface area (Å²) >= 11 is 3.52. The summed E-state index contributed by atoms with van der Waals surface area (Å²) in [7, 11) is 0. The molecule has 0 saturated carbocycles. The van der Waals surface area contributed by atoms with Gasteiger partial charge in [-0.25, -0.2) is 0 Å². The largest absolute Gasteiger partial charge is 0.490 e. The van der Waals surface area contributed by atoms with E-state index in [0.717, 1.165) is 28.0 Å². The van der Waals surface area contributed by atoms with Gasteiger partial charge in [0.05, 0.1) is 6.61 Å². The van der Waals surface area contributed by atoms with Crippen LogP contribution in [-0.4, -0.2) is 6.61 Å². The van der Waals surface area contributed by atoms with Crippen molar-refractivity contribution in [1.82, 2.24) is 0 Å². The van der Waals surface area contributed by atoms with E-state index in [1.165, 1.54) is 0 Å². The van der Waals surface area contributed by atoms with E-state index in [1.807, 2.05) is 48.5 Å². The number of halogens is 1. The van der Waals surface area contributed by atoms with Crippen LogP contribution in [0.15, 0.2) is 53.0 Å². The van der Waals surface area contributed by atoms with Crippen molar-refractivity contribution in [2.45, 2.75) is 20.0 Å². The van der Waals surface area contributed by atoms with Crippen LogP contribution in [0, 0.1) is 0 Å². The Kier molecular flexibility index (Phi) is 5.28. The fourth-order valence-electron chi connectivity index (χ4n) is 1.67.